The van der Waals surface area contributed by atoms with Crippen LogP contribution in [0.1, 0.15) is 18.1 Å². The summed E-state index contributed by atoms with van der Waals surface area (Å²) in [7, 11) is 0. The Bertz CT molecular complexity index is 914. The molecule has 1 heterocycles. The van der Waals surface area contributed by atoms with Gasteiger partial charge in [-0.25, -0.2) is 14.5 Å². The molecule has 2 aromatic carbocycles. The highest BCUT2D eigenvalue weighted by Gasteiger charge is 2.37. The van der Waals surface area contributed by atoms with Gasteiger partial charge >= 0.3 is 12.1 Å². The first kappa shape index (κ1) is 19.7. The summed E-state index contributed by atoms with van der Waals surface area (Å²) in [5.74, 6) is -0.322. The lowest BCUT2D eigenvalue weighted by molar-refractivity contribution is -0.117. The van der Waals surface area contributed by atoms with Gasteiger partial charge in [-0.2, -0.15) is 0 Å². The molecule has 0 saturated carbocycles. The predicted octanol–water partition coefficient (Wildman–Crippen LogP) is 3.46. The van der Waals surface area contributed by atoms with Crippen LogP contribution < -0.4 is 20.9 Å². The molecular weight excluding hydrogens is 380 g/mol. The zero-order valence-electron chi connectivity index (χ0n) is 15.6. The Morgan fingerprint density at radius 3 is 2.54 bits per heavy atom. The first-order valence-electron chi connectivity index (χ1n) is 8.90. The Balaban J connectivity index is 1.62. The number of anilines is 2. The van der Waals surface area contributed by atoms with E-state index in [9.17, 15) is 14.4 Å². The Labute approximate surface area is 168 Å². The molecule has 1 saturated heterocycles. The number of imide groups is 1. The van der Waals surface area contributed by atoms with E-state index in [1.165, 1.54) is 0 Å². The van der Waals surface area contributed by atoms with E-state index in [4.69, 9.17) is 11.6 Å². The lowest BCUT2D eigenvalue weighted by atomic mass is 10.1. The molecule has 1 fully saturated rings. The molecule has 5 amide bonds. The lowest BCUT2D eigenvalue weighted by Gasteiger charge is -2.18. The van der Waals surface area contributed by atoms with Gasteiger partial charge in [0, 0.05) is 17.3 Å². The number of halogens is 1. The fourth-order valence-electron chi connectivity index (χ4n) is 2.97. The molecule has 1 atom stereocenters. The molecule has 3 rings (SSSR count). The van der Waals surface area contributed by atoms with Crippen molar-refractivity contribution in [3.8, 4) is 0 Å². The lowest BCUT2D eigenvalue weighted by Crippen LogP contribution is -2.33. The maximum absolute atomic E-state index is 12.2. The minimum Gasteiger partial charge on any atom is -0.338 e. The van der Waals surface area contributed by atoms with Crippen LogP contribution in [-0.2, 0) is 11.2 Å². The Morgan fingerprint density at radius 1 is 1.18 bits per heavy atom. The number of benzene rings is 2. The Hall–Kier alpha value is -3.06. The number of urea groups is 2. The van der Waals surface area contributed by atoms with Gasteiger partial charge in [0.15, 0.2) is 0 Å². The van der Waals surface area contributed by atoms with Crippen molar-refractivity contribution in [2.75, 3.05) is 16.8 Å². The zero-order valence-corrected chi connectivity index (χ0v) is 16.3. The maximum Gasteiger partial charge on any atom is 0.329 e. The van der Waals surface area contributed by atoms with Crippen LogP contribution in [0.4, 0.5) is 21.0 Å². The van der Waals surface area contributed by atoms with E-state index in [-0.39, 0.29) is 11.9 Å². The molecule has 0 spiro atoms. The number of carbonyl (C=O) groups is 3. The summed E-state index contributed by atoms with van der Waals surface area (Å²) in [5.41, 5.74) is 2.68. The average molecular weight is 401 g/mol. The Morgan fingerprint density at radius 2 is 1.89 bits per heavy atom. The number of carbonyl (C=O) groups excluding carboxylic acids is 3. The van der Waals surface area contributed by atoms with Crippen LogP contribution >= 0.6 is 11.6 Å². The van der Waals surface area contributed by atoms with E-state index in [0.29, 0.717) is 34.9 Å². The van der Waals surface area contributed by atoms with Crippen molar-refractivity contribution < 1.29 is 14.4 Å². The number of hydrogen-bond acceptors (Lipinski definition) is 3. The molecule has 0 bridgehead atoms. The van der Waals surface area contributed by atoms with Crippen LogP contribution in [0.25, 0.3) is 0 Å². The first-order valence-corrected chi connectivity index (χ1v) is 9.28. The van der Waals surface area contributed by atoms with Crippen molar-refractivity contribution in [3.63, 3.8) is 0 Å². The molecule has 0 aliphatic carbocycles. The van der Waals surface area contributed by atoms with Crippen LogP contribution in [-0.4, -0.2) is 30.6 Å². The SMILES string of the molecule is Cc1c(NC(=O)NCCc2ccc(Cl)cc2)cccc1N1C(=O)N[C@@H](C)C1=O. The molecule has 8 heteroatoms. The standard InChI is InChI=1S/C20H21ClN4O3/c1-12-16(4-3-5-17(12)25-18(26)13(2)23-20(25)28)24-19(27)22-11-10-14-6-8-15(21)9-7-14/h3-9,13H,10-11H2,1-2H3,(H,23,28)(H2,22,24,27)/t13-/m0/s1. The van der Waals surface area contributed by atoms with E-state index >= 15 is 0 Å². The number of nitrogens with zero attached hydrogens (tertiary/aromatic N) is 1. The van der Waals surface area contributed by atoms with Gasteiger partial charge in [-0.05, 0) is 55.7 Å². The molecule has 1 aliphatic rings. The molecule has 1 aliphatic heterocycles. The minimum absolute atomic E-state index is 0.322. The second kappa shape index (κ2) is 8.31. The zero-order chi connectivity index (χ0) is 20.3. The van der Waals surface area contributed by atoms with Crippen LogP contribution in [0.2, 0.25) is 5.02 Å². The Kier molecular flexibility index (Phi) is 5.84. The molecule has 0 aromatic heterocycles. The molecule has 28 heavy (non-hydrogen) atoms. The van der Waals surface area contributed by atoms with Gasteiger partial charge in [0.05, 0.1) is 5.69 Å². The van der Waals surface area contributed by atoms with Crippen molar-refractivity contribution in [1.82, 2.24) is 10.6 Å². The normalized spacial score (nSPS) is 16.1. The van der Waals surface area contributed by atoms with Gasteiger partial charge in [-0.1, -0.05) is 29.8 Å². The maximum atomic E-state index is 12.2. The number of rotatable bonds is 5. The topological polar surface area (TPSA) is 90.5 Å². The van der Waals surface area contributed by atoms with E-state index < -0.39 is 12.1 Å². The highest BCUT2D eigenvalue weighted by molar-refractivity contribution is 6.30. The van der Waals surface area contributed by atoms with Gasteiger partial charge in [0.25, 0.3) is 5.91 Å². The first-order chi connectivity index (χ1) is 13.4. The second-order valence-corrected chi connectivity index (χ2v) is 6.99. The van der Waals surface area contributed by atoms with Crippen LogP contribution in [0.15, 0.2) is 42.5 Å². The van der Waals surface area contributed by atoms with Gasteiger partial charge in [0.2, 0.25) is 0 Å². The average Bonchev–Trinajstić information content (AvgIpc) is 2.91. The largest absolute Gasteiger partial charge is 0.338 e. The van der Waals surface area contributed by atoms with Crippen molar-refractivity contribution >= 4 is 40.9 Å². The summed E-state index contributed by atoms with van der Waals surface area (Å²) in [4.78, 5) is 37.6. The predicted molar refractivity (Wildman–Crippen MR) is 109 cm³/mol. The molecule has 0 unspecified atom stereocenters. The minimum atomic E-state index is -0.570. The van der Waals surface area contributed by atoms with Crippen molar-refractivity contribution in [3.05, 3.63) is 58.6 Å². The van der Waals surface area contributed by atoms with Crippen molar-refractivity contribution in [2.24, 2.45) is 0 Å². The number of amides is 5. The van der Waals surface area contributed by atoms with Crippen molar-refractivity contribution in [2.45, 2.75) is 26.3 Å². The van der Waals surface area contributed by atoms with Crippen LogP contribution in [0, 0.1) is 6.92 Å². The summed E-state index contributed by atoms with van der Waals surface area (Å²) >= 11 is 5.86. The fraction of sp³-hybridized carbons (Fsp3) is 0.250. The van der Waals surface area contributed by atoms with E-state index in [1.807, 2.05) is 24.3 Å². The van der Waals surface area contributed by atoms with Crippen LogP contribution in [0.3, 0.4) is 0 Å². The molecule has 7 nitrogen and oxygen atoms in total. The summed E-state index contributed by atoms with van der Waals surface area (Å²) < 4.78 is 0. The smallest absolute Gasteiger partial charge is 0.329 e. The van der Waals surface area contributed by atoms with Gasteiger partial charge in [0.1, 0.15) is 6.04 Å². The fourth-order valence-corrected chi connectivity index (χ4v) is 3.10. The molecular formula is C20H21ClN4O3. The molecule has 2 aromatic rings. The monoisotopic (exact) mass is 400 g/mol. The third kappa shape index (κ3) is 4.26. The highest BCUT2D eigenvalue weighted by Crippen LogP contribution is 2.29. The van der Waals surface area contributed by atoms with Gasteiger partial charge in [-0.15, -0.1) is 0 Å². The third-order valence-electron chi connectivity index (χ3n) is 4.54. The van der Waals surface area contributed by atoms with Crippen molar-refractivity contribution in [1.29, 1.82) is 0 Å². The molecule has 146 valence electrons. The molecule has 0 radical (unpaired) electrons. The third-order valence-corrected chi connectivity index (χ3v) is 4.79. The number of hydrogen-bond donors (Lipinski definition) is 3. The highest BCUT2D eigenvalue weighted by atomic mass is 35.5. The quantitative estimate of drug-likeness (QED) is 0.671. The molecule has 3 N–H and O–H groups in total. The number of nitrogens with one attached hydrogen (secondary N) is 3. The van der Waals surface area contributed by atoms with Gasteiger partial charge < -0.3 is 16.0 Å². The summed E-state index contributed by atoms with van der Waals surface area (Å²) in [6.07, 6.45) is 0.671. The van der Waals surface area contributed by atoms with E-state index in [1.54, 1.807) is 32.0 Å². The van der Waals surface area contributed by atoms with E-state index in [0.717, 1.165) is 10.5 Å². The van der Waals surface area contributed by atoms with Crippen LogP contribution in [0.5, 0.6) is 0 Å². The summed E-state index contributed by atoms with van der Waals surface area (Å²) in [5, 5.41) is 8.81. The summed E-state index contributed by atoms with van der Waals surface area (Å²) in [6, 6.07) is 11.1. The summed E-state index contributed by atoms with van der Waals surface area (Å²) in [6.45, 7) is 3.84. The second-order valence-electron chi connectivity index (χ2n) is 6.55. The van der Waals surface area contributed by atoms with Gasteiger partial charge in [-0.3, -0.25) is 4.79 Å². The van der Waals surface area contributed by atoms with E-state index in [2.05, 4.69) is 16.0 Å².